The summed E-state index contributed by atoms with van der Waals surface area (Å²) in [4.78, 5) is 59.8. The van der Waals surface area contributed by atoms with Gasteiger partial charge in [0.2, 0.25) is 17.7 Å². The maximum absolute atomic E-state index is 12.4. The monoisotopic (exact) mass is 415 g/mol. The van der Waals surface area contributed by atoms with E-state index in [0.717, 1.165) is 6.42 Å². The third kappa shape index (κ3) is 8.03. The number of aliphatic carboxylic acids is 2. The molecule has 0 saturated carbocycles. The summed E-state index contributed by atoms with van der Waals surface area (Å²) in [6.45, 7) is 0.428. The fourth-order valence-corrected chi connectivity index (χ4v) is 3.02. The van der Waals surface area contributed by atoms with Crippen LogP contribution in [0.1, 0.15) is 38.5 Å². The van der Waals surface area contributed by atoms with Gasteiger partial charge >= 0.3 is 11.9 Å². The Hall–Kier alpha value is -2.73. The maximum atomic E-state index is 12.4. The molecule has 0 aliphatic carbocycles. The predicted molar refractivity (Wildman–Crippen MR) is 100 cm³/mol. The van der Waals surface area contributed by atoms with Crippen LogP contribution >= 0.6 is 0 Å². The van der Waals surface area contributed by atoms with E-state index < -0.39 is 54.2 Å². The van der Waals surface area contributed by atoms with Crippen molar-refractivity contribution in [1.29, 1.82) is 0 Å². The molecule has 0 aromatic rings. The molecule has 1 aliphatic heterocycles. The van der Waals surface area contributed by atoms with Gasteiger partial charge in [-0.25, -0.2) is 4.79 Å². The van der Waals surface area contributed by atoms with Gasteiger partial charge < -0.3 is 37.2 Å². The normalized spacial score (nSPS) is 18.0. The Kier molecular flexibility index (Phi) is 10.0. The first-order valence-corrected chi connectivity index (χ1v) is 9.45. The van der Waals surface area contributed by atoms with E-state index in [0.29, 0.717) is 32.2 Å². The molecular weight excluding hydrogens is 386 g/mol. The highest BCUT2D eigenvalue weighted by Crippen LogP contribution is 2.18. The van der Waals surface area contributed by atoms with Crippen molar-refractivity contribution < 1.29 is 34.2 Å². The van der Waals surface area contributed by atoms with Crippen LogP contribution in [0.25, 0.3) is 0 Å². The van der Waals surface area contributed by atoms with E-state index in [1.807, 2.05) is 0 Å². The smallest absolute Gasteiger partial charge is 0.326 e. The second-order valence-electron chi connectivity index (χ2n) is 6.85. The third-order valence-corrected chi connectivity index (χ3v) is 4.59. The van der Waals surface area contributed by atoms with Crippen LogP contribution in [0.4, 0.5) is 0 Å². The van der Waals surface area contributed by atoms with Crippen LogP contribution in [0.3, 0.4) is 0 Å². The molecular formula is C17H29N5O7. The highest BCUT2D eigenvalue weighted by Gasteiger charge is 2.36. The van der Waals surface area contributed by atoms with Crippen LogP contribution in [0.5, 0.6) is 0 Å². The van der Waals surface area contributed by atoms with Gasteiger partial charge in [-0.15, -0.1) is 0 Å². The molecule has 0 bridgehead atoms. The molecule has 1 saturated heterocycles. The minimum atomic E-state index is -1.59. The number of likely N-dealkylation sites (tertiary alicyclic amines) is 1. The van der Waals surface area contributed by atoms with Gasteiger partial charge in [-0.1, -0.05) is 6.42 Å². The van der Waals surface area contributed by atoms with Crippen molar-refractivity contribution in [2.45, 2.75) is 56.7 Å². The molecule has 1 heterocycles. The largest absolute Gasteiger partial charge is 0.481 e. The Morgan fingerprint density at radius 1 is 1.14 bits per heavy atom. The molecule has 0 aromatic heterocycles. The summed E-state index contributed by atoms with van der Waals surface area (Å²) in [7, 11) is 0. The minimum Gasteiger partial charge on any atom is -0.481 e. The second-order valence-corrected chi connectivity index (χ2v) is 6.85. The van der Waals surface area contributed by atoms with E-state index in [9.17, 15) is 24.0 Å². The van der Waals surface area contributed by atoms with E-state index in [1.165, 1.54) is 4.90 Å². The summed E-state index contributed by atoms with van der Waals surface area (Å²) in [5.74, 6) is -4.58. The van der Waals surface area contributed by atoms with Crippen molar-refractivity contribution in [3.8, 4) is 0 Å². The zero-order valence-corrected chi connectivity index (χ0v) is 16.1. The number of unbranched alkanes of at least 4 members (excludes halogenated alkanes) is 1. The molecule has 1 rings (SSSR count). The lowest BCUT2D eigenvalue weighted by atomic mass is 10.1. The average molecular weight is 415 g/mol. The van der Waals surface area contributed by atoms with E-state index in [2.05, 4.69) is 10.6 Å². The average Bonchev–Trinajstić information content (AvgIpc) is 3.14. The van der Waals surface area contributed by atoms with Gasteiger partial charge in [-0.3, -0.25) is 19.2 Å². The maximum Gasteiger partial charge on any atom is 0.326 e. The minimum absolute atomic E-state index is 0.270. The van der Waals surface area contributed by atoms with Gasteiger partial charge in [0.25, 0.3) is 0 Å². The number of carbonyl (C=O) groups is 5. The number of nitrogens with zero attached hydrogens (tertiary/aromatic N) is 1. The fourth-order valence-electron chi connectivity index (χ4n) is 3.02. The first-order valence-electron chi connectivity index (χ1n) is 9.45. The Morgan fingerprint density at radius 2 is 1.83 bits per heavy atom. The third-order valence-electron chi connectivity index (χ3n) is 4.59. The number of nitrogens with one attached hydrogen (secondary N) is 2. The van der Waals surface area contributed by atoms with Gasteiger partial charge in [-0.05, 0) is 32.2 Å². The number of carboxylic acid groups (broad SMARTS) is 2. The van der Waals surface area contributed by atoms with Crippen LogP contribution in [-0.4, -0.2) is 82.5 Å². The number of carboxylic acids is 2. The van der Waals surface area contributed by atoms with Crippen molar-refractivity contribution >= 4 is 29.7 Å². The zero-order valence-electron chi connectivity index (χ0n) is 16.1. The number of hydrogen-bond acceptors (Lipinski definition) is 7. The molecule has 164 valence electrons. The molecule has 3 atom stereocenters. The van der Waals surface area contributed by atoms with Crippen molar-refractivity contribution in [2.24, 2.45) is 11.5 Å². The first-order chi connectivity index (χ1) is 13.7. The Bertz CT molecular complexity index is 627. The summed E-state index contributed by atoms with van der Waals surface area (Å²) >= 11 is 0. The Morgan fingerprint density at radius 3 is 2.41 bits per heavy atom. The predicted octanol–water partition coefficient (Wildman–Crippen LogP) is -2.41. The molecule has 3 unspecified atom stereocenters. The molecule has 1 fully saturated rings. The summed E-state index contributed by atoms with van der Waals surface area (Å²) in [6, 6.07) is -3.28. The summed E-state index contributed by atoms with van der Waals surface area (Å²) in [5, 5.41) is 22.4. The molecule has 12 heteroatoms. The highest BCUT2D eigenvalue weighted by molar-refractivity contribution is 5.93. The van der Waals surface area contributed by atoms with Crippen LogP contribution in [-0.2, 0) is 24.0 Å². The molecule has 0 radical (unpaired) electrons. The number of amides is 3. The lowest BCUT2D eigenvalue weighted by Crippen LogP contribution is -2.53. The molecule has 0 spiro atoms. The number of hydrogen-bond donors (Lipinski definition) is 6. The number of rotatable bonds is 12. The van der Waals surface area contributed by atoms with Gasteiger partial charge in [0.1, 0.15) is 12.1 Å². The van der Waals surface area contributed by atoms with Gasteiger partial charge in [0.05, 0.1) is 19.0 Å². The van der Waals surface area contributed by atoms with Gasteiger partial charge in [0.15, 0.2) is 0 Å². The van der Waals surface area contributed by atoms with E-state index in [4.69, 9.17) is 21.7 Å². The van der Waals surface area contributed by atoms with Crippen LogP contribution in [0.15, 0.2) is 0 Å². The molecule has 1 aliphatic rings. The topological polar surface area (TPSA) is 205 Å². The molecule has 8 N–H and O–H groups in total. The lowest BCUT2D eigenvalue weighted by molar-refractivity contribution is -0.148. The standard InChI is InChI=1S/C17H29N5O7/c18-6-2-1-4-10(19)15(26)20-9-13(23)22-7-3-5-12(22)16(27)21-11(17(28)29)8-14(24)25/h10-12H,1-9,18-19H2,(H,20,26)(H,21,27)(H,24,25)(H,28,29). The Balaban J connectivity index is 2.58. The Labute approximate surface area is 168 Å². The fraction of sp³-hybridized carbons (Fsp3) is 0.706. The van der Waals surface area contributed by atoms with Crippen LogP contribution < -0.4 is 22.1 Å². The number of carbonyl (C=O) groups excluding carboxylic acids is 3. The summed E-state index contributed by atoms with van der Waals surface area (Å²) in [5.41, 5.74) is 11.1. The second kappa shape index (κ2) is 12.0. The lowest BCUT2D eigenvalue weighted by Gasteiger charge is -2.25. The number of nitrogens with two attached hydrogens (primary N) is 2. The van der Waals surface area contributed by atoms with E-state index in [1.54, 1.807) is 0 Å². The zero-order chi connectivity index (χ0) is 22.0. The highest BCUT2D eigenvalue weighted by atomic mass is 16.4. The van der Waals surface area contributed by atoms with Crippen molar-refractivity contribution in [3.05, 3.63) is 0 Å². The summed E-state index contributed by atoms with van der Waals surface area (Å²) < 4.78 is 0. The first kappa shape index (κ1) is 24.3. The molecule has 0 aromatic carbocycles. The SMILES string of the molecule is NCCCCC(N)C(=O)NCC(=O)N1CCCC1C(=O)NC(CC(=O)O)C(=O)O. The van der Waals surface area contributed by atoms with Crippen molar-refractivity contribution in [3.63, 3.8) is 0 Å². The quantitative estimate of drug-likeness (QED) is 0.187. The van der Waals surface area contributed by atoms with Crippen molar-refractivity contribution in [2.75, 3.05) is 19.6 Å². The van der Waals surface area contributed by atoms with Crippen molar-refractivity contribution in [1.82, 2.24) is 15.5 Å². The molecule has 29 heavy (non-hydrogen) atoms. The van der Waals surface area contributed by atoms with E-state index in [-0.39, 0.29) is 13.1 Å². The van der Waals surface area contributed by atoms with Gasteiger partial charge in [-0.2, -0.15) is 0 Å². The molecule has 3 amide bonds. The van der Waals surface area contributed by atoms with Gasteiger partial charge in [0, 0.05) is 6.54 Å². The van der Waals surface area contributed by atoms with Crippen LogP contribution in [0.2, 0.25) is 0 Å². The van der Waals surface area contributed by atoms with Crippen LogP contribution in [0, 0.1) is 0 Å². The molecule has 12 nitrogen and oxygen atoms in total. The van der Waals surface area contributed by atoms with E-state index >= 15 is 0 Å². The summed E-state index contributed by atoms with van der Waals surface area (Å²) in [6.07, 6.45) is 1.92.